The molecule has 0 atom stereocenters. The number of rotatable bonds is 6. The van der Waals surface area contributed by atoms with Gasteiger partial charge in [-0.05, 0) is 39.4 Å². The molecule has 0 aliphatic rings. The lowest BCUT2D eigenvalue weighted by molar-refractivity contribution is 0.341. The normalized spacial score (nSPS) is 10.3. The molecule has 2 N–H and O–H groups in total. The number of thioether (sulfide) groups is 1. The monoisotopic (exact) mass is 289 g/mol. The van der Waals surface area contributed by atoms with E-state index in [9.17, 15) is 0 Å². The minimum atomic E-state index is 0.560. The lowest BCUT2D eigenvalue weighted by Crippen LogP contribution is -2.02. The Hall–Kier alpha value is -0.190. The maximum absolute atomic E-state index is 5.63. The van der Waals surface area contributed by atoms with Gasteiger partial charge in [-0.3, -0.25) is 0 Å². The quantitative estimate of drug-likeness (QED) is 0.818. The Morgan fingerprint density at radius 3 is 2.87 bits per heavy atom. The van der Waals surface area contributed by atoms with Crippen molar-refractivity contribution in [1.82, 2.24) is 0 Å². The number of hydrogen-bond acceptors (Lipinski definition) is 3. The maximum atomic E-state index is 5.63. The van der Waals surface area contributed by atoms with E-state index >= 15 is 0 Å². The van der Waals surface area contributed by atoms with Crippen LogP contribution >= 0.6 is 27.7 Å². The van der Waals surface area contributed by atoms with E-state index in [0.29, 0.717) is 6.54 Å². The second kappa shape index (κ2) is 7.14. The zero-order valence-electron chi connectivity index (χ0n) is 8.83. The largest absolute Gasteiger partial charge is 0.492 e. The number of hydrogen-bond donors (Lipinski definition) is 1. The van der Waals surface area contributed by atoms with Crippen LogP contribution < -0.4 is 10.5 Å². The van der Waals surface area contributed by atoms with Crippen molar-refractivity contribution >= 4 is 27.7 Å². The van der Waals surface area contributed by atoms with Crippen molar-refractivity contribution in [2.45, 2.75) is 13.5 Å². The van der Waals surface area contributed by atoms with Gasteiger partial charge in [-0.1, -0.05) is 13.0 Å². The van der Waals surface area contributed by atoms with Crippen molar-refractivity contribution in [2.75, 3.05) is 18.1 Å². The fraction of sp³-hybridized carbons (Fsp3) is 0.455. The number of ether oxygens (including phenoxy) is 1. The van der Waals surface area contributed by atoms with Gasteiger partial charge in [-0.2, -0.15) is 11.8 Å². The molecule has 0 aliphatic heterocycles. The van der Waals surface area contributed by atoms with E-state index in [1.54, 1.807) is 0 Å². The third-order valence-electron chi connectivity index (χ3n) is 1.92. The van der Waals surface area contributed by atoms with Crippen molar-refractivity contribution in [3.8, 4) is 5.75 Å². The summed E-state index contributed by atoms with van der Waals surface area (Å²) in [6.45, 7) is 3.46. The maximum Gasteiger partial charge on any atom is 0.133 e. The molecule has 0 bridgehead atoms. The molecule has 0 heterocycles. The van der Waals surface area contributed by atoms with Gasteiger partial charge in [0.1, 0.15) is 5.75 Å². The molecule has 84 valence electrons. The molecule has 4 heteroatoms. The molecule has 1 aromatic carbocycles. The Labute approximate surface area is 104 Å². The zero-order valence-corrected chi connectivity index (χ0v) is 11.2. The van der Waals surface area contributed by atoms with Gasteiger partial charge >= 0.3 is 0 Å². The number of halogens is 1. The van der Waals surface area contributed by atoms with E-state index in [1.807, 2.05) is 30.0 Å². The van der Waals surface area contributed by atoms with Crippen molar-refractivity contribution < 1.29 is 4.74 Å². The van der Waals surface area contributed by atoms with Crippen LogP contribution in [-0.4, -0.2) is 18.1 Å². The first kappa shape index (κ1) is 12.9. The molecule has 0 unspecified atom stereocenters. The van der Waals surface area contributed by atoms with Crippen LogP contribution in [0.5, 0.6) is 5.75 Å². The van der Waals surface area contributed by atoms with E-state index in [0.717, 1.165) is 33.9 Å². The highest BCUT2D eigenvalue weighted by atomic mass is 79.9. The molecular weight excluding hydrogens is 274 g/mol. The van der Waals surface area contributed by atoms with Crippen LogP contribution in [-0.2, 0) is 6.54 Å². The van der Waals surface area contributed by atoms with E-state index in [1.165, 1.54) is 0 Å². The Kier molecular flexibility index (Phi) is 6.13. The van der Waals surface area contributed by atoms with E-state index in [-0.39, 0.29) is 0 Å². The average molecular weight is 290 g/mol. The summed E-state index contributed by atoms with van der Waals surface area (Å²) >= 11 is 5.35. The lowest BCUT2D eigenvalue weighted by Gasteiger charge is -2.08. The molecule has 0 fully saturated rings. The predicted octanol–water partition coefficient (Wildman–Crippen LogP) is 3.04. The summed E-state index contributed by atoms with van der Waals surface area (Å²) in [5.41, 5.74) is 6.65. The summed E-state index contributed by atoms with van der Waals surface area (Å²) in [7, 11) is 0. The van der Waals surface area contributed by atoms with Crippen molar-refractivity contribution in [2.24, 2.45) is 5.73 Å². The van der Waals surface area contributed by atoms with Crippen LogP contribution in [0.1, 0.15) is 12.5 Å². The topological polar surface area (TPSA) is 35.2 Å². The first-order valence-corrected chi connectivity index (χ1v) is 6.91. The van der Waals surface area contributed by atoms with Crippen LogP contribution in [0.25, 0.3) is 0 Å². The van der Waals surface area contributed by atoms with E-state index in [4.69, 9.17) is 10.5 Å². The summed E-state index contributed by atoms with van der Waals surface area (Å²) in [5.74, 6) is 3.06. The molecule has 0 aromatic heterocycles. The SMILES string of the molecule is CCSCCOc1ccc(CN)cc1Br. The lowest BCUT2D eigenvalue weighted by atomic mass is 10.2. The van der Waals surface area contributed by atoms with Crippen molar-refractivity contribution in [3.05, 3.63) is 28.2 Å². The van der Waals surface area contributed by atoms with Gasteiger partial charge in [0.25, 0.3) is 0 Å². The molecule has 0 spiro atoms. The minimum Gasteiger partial charge on any atom is -0.492 e. The molecule has 0 aliphatic carbocycles. The highest BCUT2D eigenvalue weighted by Gasteiger charge is 2.01. The molecule has 0 radical (unpaired) electrons. The first-order chi connectivity index (χ1) is 7.27. The van der Waals surface area contributed by atoms with Gasteiger partial charge in [0.15, 0.2) is 0 Å². The Morgan fingerprint density at radius 2 is 2.27 bits per heavy atom. The molecule has 1 aromatic rings. The number of nitrogens with two attached hydrogens (primary N) is 1. The highest BCUT2D eigenvalue weighted by molar-refractivity contribution is 9.10. The minimum absolute atomic E-state index is 0.560. The summed E-state index contributed by atoms with van der Waals surface area (Å²) in [6.07, 6.45) is 0. The van der Waals surface area contributed by atoms with E-state index in [2.05, 4.69) is 22.9 Å². The fourth-order valence-electron chi connectivity index (χ4n) is 1.14. The average Bonchev–Trinajstić information content (AvgIpc) is 2.26. The van der Waals surface area contributed by atoms with Crippen LogP contribution in [0.4, 0.5) is 0 Å². The summed E-state index contributed by atoms with van der Waals surface area (Å²) in [4.78, 5) is 0. The van der Waals surface area contributed by atoms with Gasteiger partial charge in [0.05, 0.1) is 11.1 Å². The predicted molar refractivity (Wildman–Crippen MR) is 70.5 cm³/mol. The third kappa shape index (κ3) is 4.45. The molecule has 0 amide bonds. The smallest absolute Gasteiger partial charge is 0.133 e. The summed E-state index contributed by atoms with van der Waals surface area (Å²) < 4.78 is 6.61. The van der Waals surface area contributed by atoms with E-state index < -0.39 is 0 Å². The number of benzene rings is 1. The fourth-order valence-corrected chi connectivity index (χ4v) is 2.17. The van der Waals surface area contributed by atoms with Gasteiger partial charge in [0.2, 0.25) is 0 Å². The van der Waals surface area contributed by atoms with Crippen LogP contribution in [0.3, 0.4) is 0 Å². The van der Waals surface area contributed by atoms with Gasteiger partial charge in [-0.15, -0.1) is 0 Å². The molecule has 2 nitrogen and oxygen atoms in total. The van der Waals surface area contributed by atoms with Crippen molar-refractivity contribution in [1.29, 1.82) is 0 Å². The molecule has 15 heavy (non-hydrogen) atoms. The second-order valence-corrected chi connectivity index (χ2v) is 5.26. The van der Waals surface area contributed by atoms with Crippen LogP contribution in [0.15, 0.2) is 22.7 Å². The second-order valence-electron chi connectivity index (χ2n) is 3.01. The van der Waals surface area contributed by atoms with Gasteiger partial charge < -0.3 is 10.5 Å². The standard InChI is InChI=1S/C11H16BrNOS/c1-2-15-6-5-14-11-4-3-9(8-13)7-10(11)12/h3-4,7H,2,5-6,8,13H2,1H3. The Balaban J connectivity index is 2.47. The highest BCUT2D eigenvalue weighted by Crippen LogP contribution is 2.25. The summed E-state index contributed by atoms with van der Waals surface area (Å²) in [6, 6.07) is 5.96. The first-order valence-electron chi connectivity index (χ1n) is 4.97. The molecular formula is C11H16BrNOS. The van der Waals surface area contributed by atoms with Gasteiger partial charge in [-0.25, -0.2) is 0 Å². The molecule has 1 rings (SSSR count). The summed E-state index contributed by atoms with van der Waals surface area (Å²) in [5, 5.41) is 0. The van der Waals surface area contributed by atoms with Crippen molar-refractivity contribution in [3.63, 3.8) is 0 Å². The molecule has 0 saturated heterocycles. The Morgan fingerprint density at radius 1 is 1.47 bits per heavy atom. The zero-order chi connectivity index (χ0) is 11.1. The van der Waals surface area contributed by atoms with Crippen LogP contribution in [0.2, 0.25) is 0 Å². The third-order valence-corrected chi connectivity index (χ3v) is 3.40. The van der Waals surface area contributed by atoms with Crippen LogP contribution in [0, 0.1) is 0 Å². The van der Waals surface area contributed by atoms with Gasteiger partial charge in [0, 0.05) is 12.3 Å². The molecule has 0 saturated carbocycles. The Bertz CT molecular complexity index is 307.